The van der Waals surface area contributed by atoms with Crippen LogP contribution in [0.1, 0.15) is 84.6 Å². The van der Waals surface area contributed by atoms with E-state index in [9.17, 15) is 32.4 Å². The zero-order valence-corrected chi connectivity index (χ0v) is 32.5. The molecule has 17 heteroatoms. The number of amides is 4. The molecule has 0 spiro atoms. The minimum atomic E-state index is -3.92. The number of alkyl carbamates (subject to hydrolysis) is 1. The summed E-state index contributed by atoms with van der Waals surface area (Å²) in [6.45, 7) is 10.6. The van der Waals surface area contributed by atoms with Crippen LogP contribution < -0.4 is 25.8 Å². The van der Waals surface area contributed by atoms with Crippen molar-refractivity contribution in [3.63, 3.8) is 0 Å². The molecule has 5 aliphatic rings. The summed E-state index contributed by atoms with van der Waals surface area (Å²) in [5.74, 6) is -2.66. The average Bonchev–Trinajstić information content (AvgIpc) is 3.82. The Kier molecular flexibility index (Phi) is 10.2. The smallest absolute Gasteiger partial charge is 0.408 e. The van der Waals surface area contributed by atoms with Gasteiger partial charge in [0.1, 0.15) is 23.7 Å². The maximum atomic E-state index is 14.6. The zero-order chi connectivity index (χ0) is 38.6. The van der Waals surface area contributed by atoms with Crippen LogP contribution in [0.4, 0.5) is 10.5 Å². The summed E-state index contributed by atoms with van der Waals surface area (Å²) in [5.41, 5.74) is -0.792. The fourth-order valence-electron chi connectivity index (χ4n) is 7.70. The number of sulfonamides is 1. The lowest BCUT2D eigenvalue weighted by Gasteiger charge is -2.36. The first kappa shape index (κ1) is 38.0. The van der Waals surface area contributed by atoms with E-state index in [0.717, 1.165) is 56.4 Å². The number of anilines is 1. The van der Waals surface area contributed by atoms with Gasteiger partial charge in [0.05, 0.1) is 28.7 Å². The van der Waals surface area contributed by atoms with Gasteiger partial charge < -0.3 is 25.2 Å². The van der Waals surface area contributed by atoms with E-state index >= 15 is 0 Å². The van der Waals surface area contributed by atoms with Crippen LogP contribution in [0.15, 0.2) is 40.5 Å². The number of thiophene rings is 1. The highest BCUT2D eigenvalue weighted by Gasteiger charge is 2.62. The quantitative estimate of drug-likeness (QED) is 0.270. The third kappa shape index (κ3) is 7.40. The Morgan fingerprint density at radius 1 is 1.11 bits per heavy atom. The molecular formula is C37H49N7O8S2. The van der Waals surface area contributed by atoms with Crippen LogP contribution in [-0.4, -0.2) is 95.5 Å². The van der Waals surface area contributed by atoms with Crippen molar-refractivity contribution in [3.8, 4) is 11.1 Å². The van der Waals surface area contributed by atoms with Gasteiger partial charge >= 0.3 is 6.09 Å². The Morgan fingerprint density at radius 3 is 2.41 bits per heavy atom. The predicted molar refractivity (Wildman–Crippen MR) is 202 cm³/mol. The lowest BCUT2D eigenvalue weighted by Crippen LogP contribution is -2.60. The van der Waals surface area contributed by atoms with Crippen molar-refractivity contribution in [1.29, 1.82) is 0 Å². The largest absolute Gasteiger partial charge is 0.446 e. The fraction of sp³-hybridized carbons (Fsp3) is 0.622. The highest BCUT2D eigenvalue weighted by Crippen LogP contribution is 2.46. The Balaban J connectivity index is 1.22. The second kappa shape index (κ2) is 14.4. The van der Waals surface area contributed by atoms with Gasteiger partial charge in [-0.05, 0) is 73.6 Å². The summed E-state index contributed by atoms with van der Waals surface area (Å²) in [7, 11) is -3.92. The summed E-state index contributed by atoms with van der Waals surface area (Å²) >= 11 is 1.47. The van der Waals surface area contributed by atoms with E-state index < -0.39 is 74.1 Å². The molecule has 5 fully saturated rings. The third-order valence-electron chi connectivity index (χ3n) is 11.4. The summed E-state index contributed by atoms with van der Waals surface area (Å²) in [6, 6.07) is -1.19. The molecule has 15 nitrogen and oxygen atoms in total. The van der Waals surface area contributed by atoms with E-state index in [4.69, 9.17) is 4.74 Å². The van der Waals surface area contributed by atoms with Crippen LogP contribution in [-0.2, 0) is 29.1 Å². The molecule has 2 saturated heterocycles. The summed E-state index contributed by atoms with van der Waals surface area (Å²) in [5, 5.41) is 13.3. The van der Waals surface area contributed by atoms with Crippen LogP contribution in [0.3, 0.4) is 0 Å². The molecule has 3 saturated carbocycles. The van der Waals surface area contributed by atoms with Crippen LogP contribution in [0.25, 0.3) is 11.1 Å². The van der Waals surface area contributed by atoms with Gasteiger partial charge in [0.15, 0.2) is 0 Å². The summed E-state index contributed by atoms with van der Waals surface area (Å²) in [4.78, 5) is 73.6. The Labute approximate surface area is 318 Å². The number of aromatic nitrogens is 2. The van der Waals surface area contributed by atoms with Crippen molar-refractivity contribution >= 4 is 50.9 Å². The number of rotatable bonds is 12. The second-order valence-corrected chi connectivity index (χ2v) is 19.1. The van der Waals surface area contributed by atoms with Gasteiger partial charge in [-0.15, -0.1) is 6.58 Å². The van der Waals surface area contributed by atoms with E-state index in [1.54, 1.807) is 27.0 Å². The lowest BCUT2D eigenvalue weighted by molar-refractivity contribution is -0.142. The number of hydrogen-bond donors (Lipinski definition) is 3. The van der Waals surface area contributed by atoms with Crippen LogP contribution in [0.2, 0.25) is 0 Å². The first-order valence-electron chi connectivity index (χ1n) is 18.8. The minimum Gasteiger partial charge on any atom is -0.446 e. The maximum Gasteiger partial charge on any atom is 0.408 e. The first-order chi connectivity index (χ1) is 25.6. The minimum absolute atomic E-state index is 0.0309. The second-order valence-electron chi connectivity index (χ2n) is 16.3. The van der Waals surface area contributed by atoms with Gasteiger partial charge in [-0.1, -0.05) is 26.8 Å². The molecule has 2 aliphatic heterocycles. The Morgan fingerprint density at radius 2 is 1.83 bits per heavy atom. The fourth-order valence-corrected chi connectivity index (χ4v) is 9.71. The van der Waals surface area contributed by atoms with Gasteiger partial charge in [-0.2, -0.15) is 16.4 Å². The van der Waals surface area contributed by atoms with Gasteiger partial charge in [0.25, 0.3) is 11.5 Å². The average molecular weight is 784 g/mol. The molecule has 54 heavy (non-hydrogen) atoms. The Hall–Kier alpha value is -4.25. The third-order valence-corrected chi connectivity index (χ3v) is 13.9. The molecule has 0 aromatic carbocycles. The van der Waals surface area contributed by atoms with E-state index in [2.05, 4.69) is 31.9 Å². The van der Waals surface area contributed by atoms with Crippen LogP contribution in [0.5, 0.6) is 0 Å². The number of nitrogens with one attached hydrogen (secondary N) is 3. The van der Waals surface area contributed by atoms with Crippen LogP contribution >= 0.6 is 11.3 Å². The maximum absolute atomic E-state index is 14.6. The summed E-state index contributed by atoms with van der Waals surface area (Å²) in [6.07, 6.45) is 7.63. The summed E-state index contributed by atoms with van der Waals surface area (Å²) < 4.78 is 34.5. The van der Waals surface area contributed by atoms with E-state index in [1.165, 1.54) is 27.0 Å². The SMILES string of the molecule is C=C[C@@H]1C[C@]1(NC(=O)[C@@H]1C[C@@H](n2ncc(N3CCCC3)c(-c3ccsc3)c2=O)CN1C(=O)[C@@H](NC(=O)OC1CCC1)C(C)(C)C)C(=O)NS(=O)(=O)C1CC1. The topological polar surface area (TPSA) is 189 Å². The molecule has 4 heterocycles. The number of likely N-dealkylation sites (tertiary alicyclic amines) is 1. The van der Waals surface area contributed by atoms with E-state index in [1.807, 2.05) is 16.8 Å². The number of ether oxygens (including phenoxy) is 1. The molecule has 292 valence electrons. The Bertz CT molecular complexity index is 1980. The molecule has 4 amide bonds. The lowest BCUT2D eigenvalue weighted by atomic mass is 9.85. The molecule has 7 rings (SSSR count). The molecule has 0 unspecified atom stereocenters. The van der Waals surface area contributed by atoms with Crippen molar-refractivity contribution in [2.75, 3.05) is 24.5 Å². The monoisotopic (exact) mass is 783 g/mol. The van der Waals surface area contributed by atoms with Gasteiger partial charge in [-0.25, -0.2) is 17.9 Å². The normalized spacial score (nSPS) is 26.1. The molecule has 3 aliphatic carbocycles. The van der Waals surface area contributed by atoms with Crippen molar-refractivity contribution in [3.05, 3.63) is 46.0 Å². The van der Waals surface area contributed by atoms with Crippen molar-refractivity contribution < 1.29 is 32.3 Å². The molecular weight excluding hydrogens is 735 g/mol. The van der Waals surface area contributed by atoms with Gasteiger partial charge in [0, 0.05) is 37.5 Å². The van der Waals surface area contributed by atoms with Crippen LogP contribution in [0, 0.1) is 11.3 Å². The highest BCUT2D eigenvalue weighted by atomic mass is 32.2. The predicted octanol–water partition coefficient (Wildman–Crippen LogP) is 3.08. The first-order valence-corrected chi connectivity index (χ1v) is 21.3. The molecule has 2 aromatic heterocycles. The highest BCUT2D eigenvalue weighted by molar-refractivity contribution is 7.91. The van der Waals surface area contributed by atoms with Crippen molar-refractivity contribution in [1.82, 2.24) is 30.0 Å². The van der Waals surface area contributed by atoms with Crippen molar-refractivity contribution in [2.24, 2.45) is 11.3 Å². The standard InChI is InChI=1S/C37H49N7O8S2/c1-5-23-18-37(23,34(48)41-54(50,51)26-11-12-26)40-31(45)27-17-24(20-43(27)33(47)30(36(2,3)4)39-35(49)52-25-9-8-10-25)44-32(46)29(22-13-16-53-21-22)28(19-38-44)42-14-6-7-15-42/h5,13,16,19,21,23-27,30H,1,6-12,14-15,17-18,20H2,2-4H3,(H,39,49)(H,40,45)(H,41,48)/t23-,24-,27+,30-,37-/m1/s1. The van der Waals surface area contributed by atoms with Crippen molar-refractivity contribution in [2.45, 2.75) is 114 Å². The molecule has 3 N–H and O–H groups in total. The van der Waals surface area contributed by atoms with Gasteiger partial charge in [-0.3, -0.25) is 23.9 Å². The number of carbonyl (C=O) groups excluding carboxylic acids is 4. The number of carbonyl (C=O) groups is 4. The van der Waals surface area contributed by atoms with Gasteiger partial charge in [0.2, 0.25) is 21.8 Å². The van der Waals surface area contributed by atoms with E-state index in [-0.39, 0.29) is 31.0 Å². The number of nitrogens with zero attached hydrogens (tertiary/aromatic N) is 4. The molecule has 0 radical (unpaired) electrons. The molecule has 0 bridgehead atoms. The van der Waals surface area contributed by atoms with E-state index in [0.29, 0.717) is 18.4 Å². The molecule has 2 aromatic rings. The zero-order valence-electron chi connectivity index (χ0n) is 30.9. The molecule has 5 atom stereocenters. The number of hydrogen-bond acceptors (Lipinski definition) is 11.